The standard InChI is InChI=1S/C22H17N3O3/c1-15-9-11-18(12-10-15)24-14-17-5-2-3-8-20(17)21(24)23-22(26)16-6-4-7-19(13-16)25(27)28/h2-13H,14H2,1H3. The molecule has 0 fully saturated rings. The molecular formula is C22H17N3O3. The predicted molar refractivity (Wildman–Crippen MR) is 108 cm³/mol. The monoisotopic (exact) mass is 371 g/mol. The largest absolute Gasteiger partial charge is 0.321 e. The molecule has 0 aliphatic carbocycles. The molecule has 0 radical (unpaired) electrons. The van der Waals surface area contributed by atoms with E-state index in [9.17, 15) is 14.9 Å². The summed E-state index contributed by atoms with van der Waals surface area (Å²) in [6.45, 7) is 2.63. The minimum Gasteiger partial charge on any atom is -0.321 e. The van der Waals surface area contributed by atoms with Crippen molar-refractivity contribution in [2.24, 2.45) is 4.99 Å². The Balaban J connectivity index is 1.77. The number of nitro groups is 1. The molecule has 138 valence electrons. The number of hydrogen-bond acceptors (Lipinski definition) is 3. The van der Waals surface area contributed by atoms with Gasteiger partial charge in [0.25, 0.3) is 11.6 Å². The molecule has 6 nitrogen and oxygen atoms in total. The van der Waals surface area contributed by atoms with Crippen molar-refractivity contribution in [2.45, 2.75) is 13.5 Å². The Morgan fingerprint density at radius 2 is 1.79 bits per heavy atom. The normalized spacial score (nSPS) is 14.2. The van der Waals surface area contributed by atoms with E-state index >= 15 is 0 Å². The van der Waals surface area contributed by atoms with E-state index in [1.165, 1.54) is 24.3 Å². The molecule has 0 spiro atoms. The van der Waals surface area contributed by atoms with Gasteiger partial charge >= 0.3 is 0 Å². The van der Waals surface area contributed by atoms with E-state index < -0.39 is 10.8 Å². The van der Waals surface area contributed by atoms with Gasteiger partial charge in [-0.3, -0.25) is 14.9 Å². The van der Waals surface area contributed by atoms with Gasteiger partial charge in [0.05, 0.1) is 11.5 Å². The number of rotatable bonds is 3. The molecule has 0 N–H and O–H groups in total. The van der Waals surface area contributed by atoms with Crippen LogP contribution in [0.3, 0.4) is 0 Å². The Morgan fingerprint density at radius 3 is 2.54 bits per heavy atom. The Labute approximate surface area is 161 Å². The average molecular weight is 371 g/mol. The zero-order valence-electron chi connectivity index (χ0n) is 15.2. The number of aryl methyl sites for hydroxylation is 1. The van der Waals surface area contributed by atoms with E-state index in [0.29, 0.717) is 12.4 Å². The van der Waals surface area contributed by atoms with Crippen molar-refractivity contribution in [1.29, 1.82) is 0 Å². The highest BCUT2D eigenvalue weighted by atomic mass is 16.6. The van der Waals surface area contributed by atoms with Gasteiger partial charge < -0.3 is 4.90 Å². The zero-order valence-corrected chi connectivity index (χ0v) is 15.2. The number of fused-ring (bicyclic) bond motifs is 1. The molecule has 0 saturated carbocycles. The molecule has 28 heavy (non-hydrogen) atoms. The highest BCUT2D eigenvalue weighted by Crippen LogP contribution is 2.29. The van der Waals surface area contributed by atoms with Gasteiger partial charge in [-0.05, 0) is 30.7 Å². The van der Waals surface area contributed by atoms with Crippen LogP contribution < -0.4 is 4.90 Å². The second kappa shape index (κ2) is 7.08. The Bertz CT molecular complexity index is 1100. The predicted octanol–water partition coefficient (Wildman–Crippen LogP) is 4.51. The van der Waals surface area contributed by atoms with Gasteiger partial charge in [0, 0.05) is 28.9 Å². The number of carbonyl (C=O) groups is 1. The van der Waals surface area contributed by atoms with Gasteiger partial charge in [0.15, 0.2) is 0 Å². The molecule has 6 heteroatoms. The summed E-state index contributed by atoms with van der Waals surface area (Å²) in [5.41, 5.74) is 4.11. The Kier molecular flexibility index (Phi) is 4.45. The van der Waals surface area contributed by atoms with E-state index in [1.807, 2.05) is 60.4 Å². The number of amides is 1. The summed E-state index contributed by atoms with van der Waals surface area (Å²) in [6, 6.07) is 21.5. The summed E-state index contributed by atoms with van der Waals surface area (Å²) in [4.78, 5) is 29.6. The molecule has 0 unspecified atom stereocenters. The summed E-state index contributed by atoms with van der Waals surface area (Å²) < 4.78 is 0. The van der Waals surface area contributed by atoms with Crippen molar-refractivity contribution < 1.29 is 9.72 Å². The first-order valence-corrected chi connectivity index (χ1v) is 8.83. The highest BCUT2D eigenvalue weighted by molar-refractivity contribution is 6.18. The summed E-state index contributed by atoms with van der Waals surface area (Å²) in [5.74, 6) is 0.0449. The molecule has 0 aromatic heterocycles. The number of anilines is 1. The lowest BCUT2D eigenvalue weighted by molar-refractivity contribution is -0.384. The third-order valence-corrected chi connectivity index (χ3v) is 4.70. The van der Waals surface area contributed by atoms with Gasteiger partial charge in [-0.15, -0.1) is 0 Å². The third-order valence-electron chi connectivity index (χ3n) is 4.70. The summed E-state index contributed by atoms with van der Waals surface area (Å²) in [6.07, 6.45) is 0. The van der Waals surface area contributed by atoms with Crippen LogP contribution in [0.25, 0.3) is 0 Å². The van der Waals surface area contributed by atoms with Crippen molar-refractivity contribution >= 4 is 23.1 Å². The van der Waals surface area contributed by atoms with Crippen LogP contribution in [0.1, 0.15) is 27.0 Å². The molecular weight excluding hydrogens is 354 g/mol. The maximum absolute atomic E-state index is 12.8. The molecule has 0 bridgehead atoms. The molecule has 3 aromatic carbocycles. The molecule has 1 amide bonds. The minimum absolute atomic E-state index is 0.131. The number of benzene rings is 3. The number of amidine groups is 1. The second-order valence-electron chi connectivity index (χ2n) is 6.63. The molecule has 4 rings (SSSR count). The van der Waals surface area contributed by atoms with Crippen LogP contribution in [0.2, 0.25) is 0 Å². The van der Waals surface area contributed by atoms with Crippen LogP contribution in [0.5, 0.6) is 0 Å². The fourth-order valence-corrected chi connectivity index (χ4v) is 3.24. The van der Waals surface area contributed by atoms with E-state index in [0.717, 1.165) is 22.4 Å². The van der Waals surface area contributed by atoms with E-state index in [-0.39, 0.29) is 11.3 Å². The van der Waals surface area contributed by atoms with Gasteiger partial charge in [-0.2, -0.15) is 4.99 Å². The van der Waals surface area contributed by atoms with Crippen molar-refractivity contribution in [1.82, 2.24) is 0 Å². The van der Waals surface area contributed by atoms with Crippen LogP contribution >= 0.6 is 0 Å². The SMILES string of the molecule is Cc1ccc(N2Cc3ccccc3C2=NC(=O)c2cccc([N+](=O)[O-])c2)cc1. The van der Waals surface area contributed by atoms with Crippen molar-refractivity contribution in [3.05, 3.63) is 105 Å². The fraction of sp³-hybridized carbons (Fsp3) is 0.0909. The Hall–Kier alpha value is -3.80. The zero-order chi connectivity index (χ0) is 19.7. The molecule has 1 heterocycles. The number of non-ortho nitro benzene ring substituents is 1. The lowest BCUT2D eigenvalue weighted by Gasteiger charge is -2.19. The summed E-state index contributed by atoms with van der Waals surface area (Å²) in [5, 5.41) is 11.0. The Morgan fingerprint density at radius 1 is 1.04 bits per heavy atom. The third kappa shape index (κ3) is 3.27. The van der Waals surface area contributed by atoms with Gasteiger partial charge in [0.1, 0.15) is 5.84 Å². The van der Waals surface area contributed by atoms with Gasteiger partial charge in [-0.25, -0.2) is 0 Å². The number of hydrogen-bond donors (Lipinski definition) is 0. The summed E-state index contributed by atoms with van der Waals surface area (Å²) in [7, 11) is 0. The average Bonchev–Trinajstić information content (AvgIpc) is 3.07. The lowest BCUT2D eigenvalue weighted by atomic mass is 10.1. The molecule has 1 aliphatic heterocycles. The van der Waals surface area contributed by atoms with Crippen LogP contribution in [0, 0.1) is 17.0 Å². The van der Waals surface area contributed by atoms with E-state index in [4.69, 9.17) is 0 Å². The number of carbonyl (C=O) groups excluding carboxylic acids is 1. The first-order valence-electron chi connectivity index (χ1n) is 8.83. The van der Waals surface area contributed by atoms with Crippen LogP contribution in [0.15, 0.2) is 77.8 Å². The highest BCUT2D eigenvalue weighted by Gasteiger charge is 2.27. The van der Waals surface area contributed by atoms with Crippen LogP contribution in [-0.2, 0) is 6.54 Å². The first kappa shape index (κ1) is 17.6. The van der Waals surface area contributed by atoms with E-state index in [1.54, 1.807) is 0 Å². The lowest BCUT2D eigenvalue weighted by Crippen LogP contribution is -2.25. The minimum atomic E-state index is -0.520. The molecule has 0 atom stereocenters. The molecule has 3 aromatic rings. The quantitative estimate of drug-likeness (QED) is 0.501. The topological polar surface area (TPSA) is 75.8 Å². The fourth-order valence-electron chi connectivity index (χ4n) is 3.24. The second-order valence-corrected chi connectivity index (χ2v) is 6.63. The smallest absolute Gasteiger partial charge is 0.279 e. The van der Waals surface area contributed by atoms with E-state index in [2.05, 4.69) is 4.99 Å². The van der Waals surface area contributed by atoms with Crippen LogP contribution in [0.4, 0.5) is 11.4 Å². The molecule has 0 saturated heterocycles. The van der Waals surface area contributed by atoms with Crippen molar-refractivity contribution in [3.63, 3.8) is 0 Å². The number of aliphatic imine (C=N–C) groups is 1. The number of nitrogens with zero attached hydrogens (tertiary/aromatic N) is 3. The van der Waals surface area contributed by atoms with Gasteiger partial charge in [-0.1, -0.05) is 48.0 Å². The first-order chi connectivity index (χ1) is 13.5. The summed E-state index contributed by atoms with van der Waals surface area (Å²) >= 11 is 0. The van der Waals surface area contributed by atoms with Gasteiger partial charge in [0.2, 0.25) is 0 Å². The maximum atomic E-state index is 12.8. The molecule has 1 aliphatic rings. The number of nitro benzene ring substituents is 1. The maximum Gasteiger partial charge on any atom is 0.279 e. The van der Waals surface area contributed by atoms with Crippen molar-refractivity contribution in [2.75, 3.05) is 4.90 Å². The van der Waals surface area contributed by atoms with Crippen molar-refractivity contribution in [3.8, 4) is 0 Å². The van der Waals surface area contributed by atoms with Crippen LogP contribution in [-0.4, -0.2) is 16.7 Å².